The van der Waals surface area contributed by atoms with E-state index in [0.717, 1.165) is 12.0 Å². The van der Waals surface area contributed by atoms with Crippen LogP contribution in [0.4, 0.5) is 0 Å². The minimum atomic E-state index is -0.750. The van der Waals surface area contributed by atoms with Gasteiger partial charge in [-0.2, -0.15) is 0 Å². The maximum absolute atomic E-state index is 11.6. The molecule has 2 aliphatic rings. The number of fused-ring (bicyclic) bond motifs is 1. The van der Waals surface area contributed by atoms with Gasteiger partial charge in [0, 0.05) is 0 Å². The molecule has 1 unspecified atom stereocenters. The van der Waals surface area contributed by atoms with Gasteiger partial charge < -0.3 is 5.11 Å². The standard InChI is InChI=1S/C14H18O3/c1-3-9-10-5-4-6-11(14(16)17)13(10)7-12(9)8(2)15/h4-5,7,9-11,13H,3,6H2,1-2H3,(H,16,17)/t9?,10-,11+,13+/m0/s1. The van der Waals surface area contributed by atoms with Crippen LogP contribution < -0.4 is 0 Å². The molecule has 17 heavy (non-hydrogen) atoms. The van der Waals surface area contributed by atoms with E-state index in [1.807, 2.05) is 12.2 Å². The molecule has 3 nitrogen and oxygen atoms in total. The summed E-state index contributed by atoms with van der Waals surface area (Å²) in [6, 6.07) is 0. The summed E-state index contributed by atoms with van der Waals surface area (Å²) in [5.41, 5.74) is 0.834. The molecule has 0 bridgehead atoms. The lowest BCUT2D eigenvalue weighted by Crippen LogP contribution is -2.30. The summed E-state index contributed by atoms with van der Waals surface area (Å²) in [5.74, 6) is -0.619. The summed E-state index contributed by atoms with van der Waals surface area (Å²) < 4.78 is 0. The molecule has 0 fully saturated rings. The molecular weight excluding hydrogens is 216 g/mol. The molecule has 0 radical (unpaired) electrons. The van der Waals surface area contributed by atoms with Gasteiger partial charge in [0.1, 0.15) is 0 Å². The number of Topliss-reactive ketones (excluding diaryl/α,β-unsaturated/α-hetero) is 1. The van der Waals surface area contributed by atoms with Crippen molar-refractivity contribution in [2.24, 2.45) is 23.7 Å². The largest absolute Gasteiger partial charge is 0.481 e. The average Bonchev–Trinajstić information content (AvgIpc) is 2.66. The van der Waals surface area contributed by atoms with Crippen LogP contribution in [0.3, 0.4) is 0 Å². The van der Waals surface area contributed by atoms with E-state index in [0.29, 0.717) is 6.42 Å². The molecule has 4 atom stereocenters. The second-order valence-corrected chi connectivity index (χ2v) is 4.96. The first-order valence-corrected chi connectivity index (χ1v) is 6.18. The quantitative estimate of drug-likeness (QED) is 0.763. The Labute approximate surface area is 101 Å². The Kier molecular flexibility index (Phi) is 3.18. The second kappa shape index (κ2) is 4.47. The molecule has 1 N–H and O–H groups in total. The lowest BCUT2D eigenvalue weighted by Gasteiger charge is -2.29. The highest BCUT2D eigenvalue weighted by atomic mass is 16.4. The molecular formula is C14H18O3. The van der Waals surface area contributed by atoms with Crippen molar-refractivity contribution in [3.05, 3.63) is 23.8 Å². The van der Waals surface area contributed by atoms with Crippen LogP contribution >= 0.6 is 0 Å². The third kappa shape index (κ3) is 1.94. The zero-order chi connectivity index (χ0) is 12.6. The average molecular weight is 234 g/mol. The smallest absolute Gasteiger partial charge is 0.307 e. The van der Waals surface area contributed by atoms with Crippen LogP contribution in [-0.4, -0.2) is 16.9 Å². The van der Waals surface area contributed by atoms with E-state index in [1.54, 1.807) is 6.92 Å². The van der Waals surface area contributed by atoms with Gasteiger partial charge in [-0.1, -0.05) is 25.2 Å². The fourth-order valence-corrected chi connectivity index (χ4v) is 3.24. The second-order valence-electron chi connectivity index (χ2n) is 4.96. The van der Waals surface area contributed by atoms with Crippen LogP contribution in [0.5, 0.6) is 0 Å². The van der Waals surface area contributed by atoms with Crippen molar-refractivity contribution in [1.82, 2.24) is 0 Å². The molecule has 2 rings (SSSR count). The highest BCUT2D eigenvalue weighted by Gasteiger charge is 2.43. The highest BCUT2D eigenvalue weighted by Crippen LogP contribution is 2.46. The van der Waals surface area contributed by atoms with Crippen LogP contribution in [0.1, 0.15) is 26.7 Å². The van der Waals surface area contributed by atoms with Gasteiger partial charge in [-0.25, -0.2) is 0 Å². The summed E-state index contributed by atoms with van der Waals surface area (Å²) >= 11 is 0. The SMILES string of the molecule is CCC1C(C(C)=O)=C[C@H]2[C@H](C(=O)O)CC=C[C@@H]12. The van der Waals surface area contributed by atoms with Crippen molar-refractivity contribution in [3.63, 3.8) is 0 Å². The summed E-state index contributed by atoms with van der Waals surface area (Å²) in [5, 5.41) is 9.22. The van der Waals surface area contributed by atoms with Crippen LogP contribution in [0.15, 0.2) is 23.8 Å². The van der Waals surface area contributed by atoms with E-state index in [-0.39, 0.29) is 29.5 Å². The third-order valence-electron chi connectivity index (χ3n) is 4.06. The zero-order valence-corrected chi connectivity index (χ0v) is 10.2. The van der Waals surface area contributed by atoms with Crippen LogP contribution in [0.2, 0.25) is 0 Å². The summed E-state index contributed by atoms with van der Waals surface area (Å²) in [4.78, 5) is 22.8. The lowest BCUT2D eigenvalue weighted by molar-refractivity contribution is -0.143. The molecule has 0 saturated carbocycles. The molecule has 0 aromatic heterocycles. The van der Waals surface area contributed by atoms with Gasteiger partial charge in [-0.15, -0.1) is 0 Å². The van der Waals surface area contributed by atoms with Crippen molar-refractivity contribution in [1.29, 1.82) is 0 Å². The van der Waals surface area contributed by atoms with Crippen molar-refractivity contribution < 1.29 is 14.7 Å². The van der Waals surface area contributed by atoms with E-state index in [4.69, 9.17) is 0 Å². The molecule has 0 aromatic rings. The first-order chi connectivity index (χ1) is 8.06. The molecule has 0 saturated heterocycles. The summed E-state index contributed by atoms with van der Waals surface area (Å²) in [6.45, 7) is 3.63. The number of hydrogen-bond donors (Lipinski definition) is 1. The molecule has 92 valence electrons. The Morgan fingerprint density at radius 3 is 2.65 bits per heavy atom. The molecule has 0 heterocycles. The predicted octanol–water partition coefficient (Wildman–Crippen LogP) is 2.43. The van der Waals surface area contributed by atoms with Gasteiger partial charge in [0.25, 0.3) is 0 Å². The molecule has 0 amide bonds. The number of carbonyl (C=O) groups excluding carboxylic acids is 1. The van der Waals surface area contributed by atoms with Crippen LogP contribution in [-0.2, 0) is 9.59 Å². The molecule has 0 aliphatic heterocycles. The van der Waals surface area contributed by atoms with Crippen molar-refractivity contribution in [2.45, 2.75) is 26.7 Å². The van der Waals surface area contributed by atoms with E-state index in [2.05, 4.69) is 13.0 Å². The fourth-order valence-electron chi connectivity index (χ4n) is 3.24. The molecule has 0 aromatic carbocycles. The molecule has 0 spiro atoms. The van der Waals surface area contributed by atoms with E-state index < -0.39 is 5.97 Å². The lowest BCUT2D eigenvalue weighted by atomic mass is 9.74. The topological polar surface area (TPSA) is 54.4 Å². The van der Waals surface area contributed by atoms with Crippen LogP contribution in [0, 0.1) is 23.7 Å². The minimum Gasteiger partial charge on any atom is -0.481 e. The molecule has 2 aliphatic carbocycles. The van der Waals surface area contributed by atoms with Gasteiger partial charge in [-0.3, -0.25) is 9.59 Å². The Morgan fingerprint density at radius 1 is 1.41 bits per heavy atom. The van der Waals surface area contributed by atoms with Crippen molar-refractivity contribution in [2.75, 3.05) is 0 Å². The number of allylic oxidation sites excluding steroid dienone is 4. The normalized spacial score (nSPS) is 35.3. The Morgan fingerprint density at radius 2 is 2.12 bits per heavy atom. The number of aliphatic carboxylic acids is 1. The van der Waals surface area contributed by atoms with Gasteiger partial charge in [-0.05, 0) is 43.1 Å². The van der Waals surface area contributed by atoms with Gasteiger partial charge in [0.15, 0.2) is 5.78 Å². The molecule has 3 heteroatoms. The monoisotopic (exact) mass is 234 g/mol. The zero-order valence-electron chi connectivity index (χ0n) is 10.2. The van der Waals surface area contributed by atoms with Crippen molar-refractivity contribution in [3.8, 4) is 0 Å². The maximum atomic E-state index is 11.6. The fraction of sp³-hybridized carbons (Fsp3) is 0.571. The highest BCUT2D eigenvalue weighted by molar-refractivity contribution is 5.94. The van der Waals surface area contributed by atoms with E-state index in [1.165, 1.54) is 0 Å². The third-order valence-corrected chi connectivity index (χ3v) is 4.06. The first kappa shape index (κ1) is 12.1. The number of carbonyl (C=O) groups is 2. The predicted molar refractivity (Wildman–Crippen MR) is 64.4 cm³/mol. The number of rotatable bonds is 3. The Bertz CT molecular complexity index is 406. The Hall–Kier alpha value is -1.38. The van der Waals surface area contributed by atoms with Crippen molar-refractivity contribution >= 4 is 11.8 Å². The van der Waals surface area contributed by atoms with E-state index >= 15 is 0 Å². The van der Waals surface area contributed by atoms with Gasteiger partial charge in [0.2, 0.25) is 0 Å². The summed E-state index contributed by atoms with van der Waals surface area (Å²) in [6.07, 6.45) is 7.45. The van der Waals surface area contributed by atoms with Gasteiger partial charge >= 0.3 is 5.97 Å². The first-order valence-electron chi connectivity index (χ1n) is 6.18. The number of carboxylic acid groups (broad SMARTS) is 1. The number of ketones is 1. The minimum absolute atomic E-state index is 0.00125. The van der Waals surface area contributed by atoms with E-state index in [9.17, 15) is 14.7 Å². The summed E-state index contributed by atoms with van der Waals surface area (Å²) in [7, 11) is 0. The maximum Gasteiger partial charge on any atom is 0.307 e. The van der Waals surface area contributed by atoms with Gasteiger partial charge in [0.05, 0.1) is 5.92 Å². The Balaban J connectivity index is 2.36. The number of carboxylic acids is 1. The van der Waals surface area contributed by atoms with Crippen LogP contribution in [0.25, 0.3) is 0 Å². The number of hydrogen-bond acceptors (Lipinski definition) is 2.